The van der Waals surface area contributed by atoms with E-state index in [0.717, 1.165) is 15.2 Å². The van der Waals surface area contributed by atoms with Crippen molar-refractivity contribution in [2.45, 2.75) is 20.0 Å². The first-order valence-corrected chi connectivity index (χ1v) is 5.66. The predicted octanol–water partition coefficient (Wildman–Crippen LogP) is 3.78. The molecule has 2 rings (SSSR count). The average molecular weight is 266 g/mol. The fourth-order valence-corrected chi connectivity index (χ4v) is 1.78. The van der Waals surface area contributed by atoms with E-state index in [0.29, 0.717) is 5.88 Å². The summed E-state index contributed by atoms with van der Waals surface area (Å²) in [6.45, 7) is 3.99. The van der Waals surface area contributed by atoms with Gasteiger partial charge in [0.15, 0.2) is 0 Å². The van der Waals surface area contributed by atoms with Crippen LogP contribution in [0.3, 0.4) is 0 Å². The van der Waals surface area contributed by atoms with Crippen molar-refractivity contribution in [2.75, 3.05) is 0 Å². The van der Waals surface area contributed by atoms with Gasteiger partial charge in [0.25, 0.3) is 0 Å². The van der Waals surface area contributed by atoms with Gasteiger partial charge in [0.2, 0.25) is 5.88 Å². The molecule has 2 aromatic rings. The summed E-state index contributed by atoms with van der Waals surface area (Å²) in [5.74, 6) is 0.676. The molecule has 0 aliphatic rings. The normalized spacial score (nSPS) is 10.9. The van der Waals surface area contributed by atoms with E-state index < -0.39 is 0 Å². The Morgan fingerprint density at radius 2 is 2.00 bits per heavy atom. The molecule has 0 unspecified atom stereocenters. The maximum Gasteiger partial charge on any atom is 0.214 e. The molecule has 0 saturated heterocycles. The quantitative estimate of drug-likeness (QED) is 0.825. The van der Waals surface area contributed by atoms with E-state index in [1.54, 1.807) is 0 Å². The largest absolute Gasteiger partial charge is 0.475 e. The van der Waals surface area contributed by atoms with Gasteiger partial charge in [-0.1, -0.05) is 22.0 Å². The van der Waals surface area contributed by atoms with Gasteiger partial charge in [-0.05, 0) is 31.4 Å². The molecule has 0 aliphatic carbocycles. The van der Waals surface area contributed by atoms with Gasteiger partial charge in [0.05, 0.1) is 6.10 Å². The van der Waals surface area contributed by atoms with Crippen LogP contribution in [0.4, 0.5) is 0 Å². The van der Waals surface area contributed by atoms with Gasteiger partial charge < -0.3 is 4.74 Å². The smallest absolute Gasteiger partial charge is 0.214 e. The third kappa shape index (κ3) is 2.48. The predicted molar refractivity (Wildman–Crippen MR) is 65.2 cm³/mol. The van der Waals surface area contributed by atoms with Crippen molar-refractivity contribution in [1.82, 2.24) is 4.98 Å². The first-order chi connectivity index (χ1) is 7.15. The number of aromatic nitrogens is 1. The Hall–Kier alpha value is -1.09. The van der Waals surface area contributed by atoms with E-state index >= 15 is 0 Å². The lowest BCUT2D eigenvalue weighted by Crippen LogP contribution is -2.06. The highest BCUT2D eigenvalue weighted by Gasteiger charge is 2.01. The summed E-state index contributed by atoms with van der Waals surface area (Å²) < 4.78 is 6.60. The monoisotopic (exact) mass is 265 g/mol. The summed E-state index contributed by atoms with van der Waals surface area (Å²) in [6, 6.07) is 8.06. The minimum absolute atomic E-state index is 0.155. The number of halogens is 1. The average Bonchev–Trinajstić information content (AvgIpc) is 2.16. The zero-order chi connectivity index (χ0) is 10.8. The number of nitrogens with zero attached hydrogens (tertiary/aromatic N) is 1. The van der Waals surface area contributed by atoms with Crippen LogP contribution >= 0.6 is 15.9 Å². The number of rotatable bonds is 2. The Kier molecular flexibility index (Phi) is 2.91. The van der Waals surface area contributed by atoms with Crippen LogP contribution in [0.1, 0.15) is 13.8 Å². The van der Waals surface area contributed by atoms with Crippen LogP contribution in [0.2, 0.25) is 0 Å². The maximum atomic E-state index is 5.54. The fourth-order valence-electron chi connectivity index (χ4n) is 1.40. The standard InChI is InChI=1S/C12H12BrNO/c1-8(2)15-12-6-10-5-11(13)4-3-9(10)7-14-12/h3-8H,1-2H3. The van der Waals surface area contributed by atoms with Crippen LogP contribution in [-0.2, 0) is 0 Å². The number of hydrogen-bond donors (Lipinski definition) is 0. The zero-order valence-electron chi connectivity index (χ0n) is 8.70. The van der Waals surface area contributed by atoms with Crippen molar-refractivity contribution in [1.29, 1.82) is 0 Å². The molecule has 0 N–H and O–H groups in total. The zero-order valence-corrected chi connectivity index (χ0v) is 10.3. The van der Waals surface area contributed by atoms with E-state index in [1.807, 2.05) is 38.2 Å². The summed E-state index contributed by atoms with van der Waals surface area (Å²) in [6.07, 6.45) is 1.99. The SMILES string of the molecule is CC(C)Oc1cc2cc(Br)ccc2cn1. The van der Waals surface area contributed by atoms with Crippen molar-refractivity contribution in [3.8, 4) is 5.88 Å². The summed E-state index contributed by atoms with van der Waals surface area (Å²) in [7, 11) is 0. The highest BCUT2D eigenvalue weighted by atomic mass is 79.9. The second-order valence-corrected chi connectivity index (χ2v) is 4.60. The molecule has 0 bridgehead atoms. The van der Waals surface area contributed by atoms with Crippen molar-refractivity contribution < 1.29 is 4.74 Å². The fraction of sp³-hybridized carbons (Fsp3) is 0.250. The molecule has 0 atom stereocenters. The lowest BCUT2D eigenvalue weighted by atomic mass is 10.2. The van der Waals surface area contributed by atoms with Crippen molar-refractivity contribution in [3.63, 3.8) is 0 Å². The first-order valence-electron chi connectivity index (χ1n) is 4.87. The van der Waals surface area contributed by atoms with Crippen LogP contribution in [0.5, 0.6) is 5.88 Å². The molecule has 3 heteroatoms. The van der Waals surface area contributed by atoms with Crippen LogP contribution in [-0.4, -0.2) is 11.1 Å². The van der Waals surface area contributed by atoms with Crippen molar-refractivity contribution in [3.05, 3.63) is 34.9 Å². The Morgan fingerprint density at radius 1 is 1.20 bits per heavy atom. The number of ether oxygens (including phenoxy) is 1. The summed E-state index contributed by atoms with van der Waals surface area (Å²) in [5, 5.41) is 2.25. The lowest BCUT2D eigenvalue weighted by molar-refractivity contribution is 0.233. The van der Waals surface area contributed by atoms with E-state index in [2.05, 4.69) is 27.0 Å². The van der Waals surface area contributed by atoms with Crippen LogP contribution < -0.4 is 4.74 Å². The Balaban J connectivity index is 2.45. The topological polar surface area (TPSA) is 22.1 Å². The van der Waals surface area contributed by atoms with Crippen LogP contribution in [0.25, 0.3) is 10.8 Å². The van der Waals surface area contributed by atoms with Gasteiger partial charge in [0, 0.05) is 22.1 Å². The minimum Gasteiger partial charge on any atom is -0.475 e. The van der Waals surface area contributed by atoms with Crippen molar-refractivity contribution in [2.24, 2.45) is 0 Å². The van der Waals surface area contributed by atoms with E-state index in [1.165, 1.54) is 0 Å². The third-order valence-corrected chi connectivity index (χ3v) is 2.51. The molecular weight excluding hydrogens is 254 g/mol. The molecular formula is C12H12BrNO. The molecule has 0 spiro atoms. The van der Waals surface area contributed by atoms with Gasteiger partial charge in [-0.3, -0.25) is 0 Å². The Morgan fingerprint density at radius 3 is 2.73 bits per heavy atom. The maximum absolute atomic E-state index is 5.54. The molecule has 0 saturated carbocycles. The second kappa shape index (κ2) is 4.19. The molecule has 0 amide bonds. The van der Waals surface area contributed by atoms with E-state index in [4.69, 9.17) is 4.74 Å². The van der Waals surface area contributed by atoms with Crippen LogP contribution in [0, 0.1) is 0 Å². The minimum atomic E-state index is 0.155. The van der Waals surface area contributed by atoms with Crippen molar-refractivity contribution >= 4 is 26.7 Å². The molecule has 1 aromatic carbocycles. The number of pyridine rings is 1. The molecule has 0 fully saturated rings. The summed E-state index contributed by atoms with van der Waals surface area (Å²) in [5.41, 5.74) is 0. The number of benzene rings is 1. The highest BCUT2D eigenvalue weighted by Crippen LogP contribution is 2.22. The van der Waals surface area contributed by atoms with Crippen LogP contribution in [0.15, 0.2) is 34.9 Å². The first kappa shape index (κ1) is 10.4. The molecule has 1 heterocycles. The third-order valence-electron chi connectivity index (χ3n) is 2.02. The van der Waals surface area contributed by atoms with Gasteiger partial charge >= 0.3 is 0 Å². The van der Waals surface area contributed by atoms with Gasteiger partial charge in [-0.2, -0.15) is 0 Å². The number of hydrogen-bond acceptors (Lipinski definition) is 2. The Bertz CT molecular complexity index is 482. The van der Waals surface area contributed by atoms with Gasteiger partial charge in [-0.15, -0.1) is 0 Å². The van der Waals surface area contributed by atoms with E-state index in [-0.39, 0.29) is 6.10 Å². The Labute approximate surface area is 97.4 Å². The number of fused-ring (bicyclic) bond motifs is 1. The lowest BCUT2D eigenvalue weighted by Gasteiger charge is -2.08. The molecule has 15 heavy (non-hydrogen) atoms. The molecule has 2 nitrogen and oxygen atoms in total. The highest BCUT2D eigenvalue weighted by molar-refractivity contribution is 9.10. The van der Waals surface area contributed by atoms with Gasteiger partial charge in [0.1, 0.15) is 0 Å². The summed E-state index contributed by atoms with van der Waals surface area (Å²) in [4.78, 5) is 4.24. The molecule has 0 radical (unpaired) electrons. The molecule has 1 aromatic heterocycles. The van der Waals surface area contributed by atoms with Gasteiger partial charge in [-0.25, -0.2) is 4.98 Å². The second-order valence-electron chi connectivity index (χ2n) is 3.68. The molecule has 0 aliphatic heterocycles. The molecule has 78 valence electrons. The van der Waals surface area contributed by atoms with E-state index in [9.17, 15) is 0 Å². The summed E-state index contributed by atoms with van der Waals surface area (Å²) >= 11 is 3.45.